The third-order valence-corrected chi connectivity index (χ3v) is 2.48. The van der Waals surface area contributed by atoms with Crippen molar-refractivity contribution in [1.29, 1.82) is 0 Å². The maximum absolute atomic E-state index is 9.71. The molecule has 1 aromatic heterocycles. The predicted molar refractivity (Wildman–Crippen MR) is 62.2 cm³/mol. The minimum absolute atomic E-state index is 0.0645. The van der Waals surface area contributed by atoms with Crippen LogP contribution in [0.2, 0.25) is 0 Å². The van der Waals surface area contributed by atoms with Crippen molar-refractivity contribution >= 4 is 11.0 Å². The van der Waals surface area contributed by atoms with Gasteiger partial charge in [0, 0.05) is 0 Å². The Kier molecular flexibility index (Phi) is 1.98. The fourth-order valence-electron chi connectivity index (χ4n) is 1.68. The van der Waals surface area contributed by atoms with Gasteiger partial charge in [-0.15, -0.1) is 15.0 Å². The molecular weight excluding hydrogens is 218 g/mol. The van der Waals surface area contributed by atoms with E-state index in [4.69, 9.17) is 0 Å². The molecular formula is C12H9N3O2. The van der Waals surface area contributed by atoms with Gasteiger partial charge in [0.25, 0.3) is 0 Å². The molecule has 5 heteroatoms. The highest BCUT2D eigenvalue weighted by atomic mass is 16.3. The van der Waals surface area contributed by atoms with Gasteiger partial charge in [0.05, 0.1) is 0 Å². The summed E-state index contributed by atoms with van der Waals surface area (Å²) in [5, 5.41) is 27.8. The standard InChI is InChI=1S/C12H9N3O2/c16-10-6-3-7-11(17)12(10)15-13-8-4-1-2-5-9(8)14-15/h1-7,16-17H. The molecule has 2 aromatic carbocycles. The number of nitrogens with zero attached hydrogens (tertiary/aromatic N) is 3. The largest absolute Gasteiger partial charge is 0.505 e. The summed E-state index contributed by atoms with van der Waals surface area (Å²) in [5.41, 5.74) is 1.59. The highest BCUT2D eigenvalue weighted by Crippen LogP contribution is 2.29. The Morgan fingerprint density at radius 2 is 1.29 bits per heavy atom. The summed E-state index contributed by atoms with van der Waals surface area (Å²) in [5.74, 6) is -0.129. The first kappa shape index (κ1) is 9.65. The molecule has 0 fully saturated rings. The van der Waals surface area contributed by atoms with Gasteiger partial charge >= 0.3 is 0 Å². The summed E-state index contributed by atoms with van der Waals surface area (Å²) in [6.07, 6.45) is 0. The quantitative estimate of drug-likeness (QED) is 0.665. The number of benzene rings is 2. The van der Waals surface area contributed by atoms with Crippen LogP contribution in [0.1, 0.15) is 0 Å². The van der Waals surface area contributed by atoms with Crippen molar-refractivity contribution in [1.82, 2.24) is 15.0 Å². The molecule has 5 nitrogen and oxygen atoms in total. The molecule has 0 atom stereocenters. The molecule has 0 aliphatic carbocycles. The highest BCUT2D eigenvalue weighted by Gasteiger charge is 2.12. The summed E-state index contributed by atoms with van der Waals surface area (Å²) in [6, 6.07) is 11.8. The Hall–Kier alpha value is -2.56. The predicted octanol–water partition coefficient (Wildman–Crippen LogP) is 1.83. The zero-order valence-electron chi connectivity index (χ0n) is 8.78. The zero-order valence-corrected chi connectivity index (χ0v) is 8.78. The van der Waals surface area contributed by atoms with E-state index in [9.17, 15) is 10.2 Å². The molecule has 0 bridgehead atoms. The van der Waals surface area contributed by atoms with Crippen LogP contribution in [0.25, 0.3) is 16.7 Å². The minimum atomic E-state index is -0.0645. The molecule has 0 saturated heterocycles. The summed E-state index contributed by atoms with van der Waals surface area (Å²) in [7, 11) is 0. The third-order valence-electron chi connectivity index (χ3n) is 2.48. The van der Waals surface area contributed by atoms with Crippen LogP contribution in [0.3, 0.4) is 0 Å². The number of aromatic nitrogens is 3. The molecule has 84 valence electrons. The number of rotatable bonds is 1. The second-order valence-electron chi connectivity index (χ2n) is 3.62. The van der Waals surface area contributed by atoms with Crippen molar-refractivity contribution in [3.05, 3.63) is 42.5 Å². The minimum Gasteiger partial charge on any atom is -0.505 e. The van der Waals surface area contributed by atoms with Crippen LogP contribution in [-0.4, -0.2) is 25.2 Å². The van der Waals surface area contributed by atoms with Gasteiger partial charge in [0.1, 0.15) is 22.5 Å². The first-order chi connectivity index (χ1) is 8.25. The summed E-state index contributed by atoms with van der Waals surface area (Å²) >= 11 is 0. The molecule has 0 unspecified atom stereocenters. The Morgan fingerprint density at radius 3 is 1.82 bits per heavy atom. The van der Waals surface area contributed by atoms with Gasteiger partial charge in [-0.25, -0.2) is 0 Å². The van der Waals surface area contributed by atoms with E-state index < -0.39 is 0 Å². The van der Waals surface area contributed by atoms with Crippen LogP contribution in [-0.2, 0) is 0 Å². The number of hydrogen-bond donors (Lipinski definition) is 2. The van der Waals surface area contributed by atoms with Crippen molar-refractivity contribution in [2.75, 3.05) is 0 Å². The van der Waals surface area contributed by atoms with Gasteiger partial charge < -0.3 is 10.2 Å². The molecule has 0 saturated carbocycles. The average Bonchev–Trinajstić information content (AvgIpc) is 2.71. The lowest BCUT2D eigenvalue weighted by Crippen LogP contribution is -1.99. The van der Waals surface area contributed by atoms with Crippen LogP contribution in [0.15, 0.2) is 42.5 Å². The smallest absolute Gasteiger partial charge is 0.169 e. The van der Waals surface area contributed by atoms with Gasteiger partial charge in [0.15, 0.2) is 5.69 Å². The highest BCUT2D eigenvalue weighted by molar-refractivity contribution is 5.74. The first-order valence-corrected chi connectivity index (χ1v) is 5.09. The second-order valence-corrected chi connectivity index (χ2v) is 3.62. The third kappa shape index (κ3) is 1.48. The Balaban J connectivity index is 2.27. The van der Waals surface area contributed by atoms with E-state index in [0.717, 1.165) is 0 Å². The molecule has 0 amide bonds. The molecule has 0 spiro atoms. The van der Waals surface area contributed by atoms with E-state index in [1.54, 1.807) is 6.07 Å². The van der Waals surface area contributed by atoms with Crippen molar-refractivity contribution in [2.45, 2.75) is 0 Å². The van der Waals surface area contributed by atoms with Crippen molar-refractivity contribution in [2.24, 2.45) is 0 Å². The normalized spacial score (nSPS) is 10.8. The first-order valence-electron chi connectivity index (χ1n) is 5.09. The van der Waals surface area contributed by atoms with Crippen LogP contribution in [0.5, 0.6) is 11.5 Å². The van der Waals surface area contributed by atoms with Gasteiger partial charge in [-0.1, -0.05) is 18.2 Å². The Labute approximate surface area is 96.6 Å². The van der Waals surface area contributed by atoms with E-state index >= 15 is 0 Å². The Morgan fingerprint density at radius 1 is 0.765 bits per heavy atom. The van der Waals surface area contributed by atoms with E-state index in [0.29, 0.717) is 11.0 Å². The summed E-state index contributed by atoms with van der Waals surface area (Å²) < 4.78 is 0. The summed E-state index contributed by atoms with van der Waals surface area (Å²) in [6.45, 7) is 0. The van der Waals surface area contributed by atoms with Gasteiger partial charge in [-0.05, 0) is 24.3 Å². The van der Waals surface area contributed by atoms with Crippen molar-refractivity contribution in [3.8, 4) is 17.2 Å². The molecule has 2 N–H and O–H groups in total. The number of phenols is 2. The molecule has 3 aromatic rings. The molecule has 17 heavy (non-hydrogen) atoms. The zero-order chi connectivity index (χ0) is 11.8. The SMILES string of the molecule is Oc1cccc(O)c1-n1nc2ccccc2n1. The Bertz CT molecular complexity index is 638. The number of phenolic OH excluding ortho intramolecular Hbond substituents is 2. The molecule has 3 rings (SSSR count). The molecule has 0 aliphatic heterocycles. The fourth-order valence-corrected chi connectivity index (χ4v) is 1.68. The van der Waals surface area contributed by atoms with Crippen molar-refractivity contribution in [3.63, 3.8) is 0 Å². The lowest BCUT2D eigenvalue weighted by molar-refractivity contribution is 0.439. The van der Waals surface area contributed by atoms with E-state index in [-0.39, 0.29) is 17.2 Å². The molecule has 0 aliphatic rings. The average molecular weight is 227 g/mol. The molecule has 1 heterocycles. The number of para-hydroxylation sites is 1. The second kappa shape index (κ2) is 3.48. The van der Waals surface area contributed by atoms with Crippen LogP contribution in [0, 0.1) is 0 Å². The topological polar surface area (TPSA) is 71.2 Å². The van der Waals surface area contributed by atoms with Crippen LogP contribution < -0.4 is 0 Å². The molecule has 0 radical (unpaired) electrons. The van der Waals surface area contributed by atoms with Crippen molar-refractivity contribution < 1.29 is 10.2 Å². The maximum Gasteiger partial charge on any atom is 0.169 e. The number of aromatic hydroxyl groups is 2. The fraction of sp³-hybridized carbons (Fsp3) is 0. The lowest BCUT2D eigenvalue weighted by atomic mass is 10.3. The van der Waals surface area contributed by atoms with Gasteiger partial charge in [-0.2, -0.15) is 0 Å². The monoisotopic (exact) mass is 227 g/mol. The summed E-state index contributed by atoms with van der Waals surface area (Å²) in [4.78, 5) is 1.23. The van der Waals surface area contributed by atoms with Crippen LogP contribution >= 0.6 is 0 Å². The van der Waals surface area contributed by atoms with Crippen LogP contribution in [0.4, 0.5) is 0 Å². The van der Waals surface area contributed by atoms with E-state index in [2.05, 4.69) is 10.2 Å². The lowest BCUT2D eigenvalue weighted by Gasteiger charge is -2.04. The maximum atomic E-state index is 9.71. The van der Waals surface area contributed by atoms with Gasteiger partial charge in [0.2, 0.25) is 0 Å². The van der Waals surface area contributed by atoms with E-state index in [1.807, 2.05) is 24.3 Å². The number of hydrogen-bond acceptors (Lipinski definition) is 4. The number of fused-ring (bicyclic) bond motifs is 1. The van der Waals surface area contributed by atoms with Gasteiger partial charge in [-0.3, -0.25) is 0 Å². The van der Waals surface area contributed by atoms with E-state index in [1.165, 1.54) is 16.9 Å².